The Bertz CT molecular complexity index is 636. The highest BCUT2D eigenvalue weighted by atomic mass is 19.1. The monoisotopic (exact) mass is 269 g/mol. The van der Waals surface area contributed by atoms with Crippen molar-refractivity contribution in [2.24, 2.45) is 0 Å². The number of benzene rings is 2. The minimum absolute atomic E-state index is 0.0294. The number of carbonyl (C=O) groups excluding carboxylic acids is 1. The van der Waals surface area contributed by atoms with Crippen LogP contribution in [0.3, 0.4) is 0 Å². The van der Waals surface area contributed by atoms with E-state index in [9.17, 15) is 9.18 Å². The topological polar surface area (TPSA) is 20.3 Å². The highest BCUT2D eigenvalue weighted by Crippen LogP contribution is 2.30. The van der Waals surface area contributed by atoms with Crippen LogP contribution in [-0.4, -0.2) is 18.4 Å². The minimum atomic E-state index is -0.319. The molecule has 0 saturated heterocycles. The van der Waals surface area contributed by atoms with Crippen molar-refractivity contribution >= 4 is 11.5 Å². The maximum Gasteiger partial charge on any atom is 0.184 e. The normalized spacial score (nSPS) is 15.0. The number of hydrogen-bond acceptors (Lipinski definition) is 2. The average molecular weight is 269 g/mol. The maximum absolute atomic E-state index is 12.9. The molecular formula is C17H16FNO. The van der Waals surface area contributed by atoms with Crippen molar-refractivity contribution in [3.05, 3.63) is 65.5 Å². The lowest BCUT2D eigenvalue weighted by Crippen LogP contribution is -2.37. The Morgan fingerprint density at radius 2 is 1.85 bits per heavy atom. The van der Waals surface area contributed by atoms with Crippen LogP contribution >= 0.6 is 0 Å². The molecular weight excluding hydrogens is 253 g/mol. The van der Waals surface area contributed by atoms with Crippen LogP contribution in [0.2, 0.25) is 0 Å². The number of ketones is 1. The molecule has 0 fully saturated rings. The number of fused-ring (bicyclic) bond motifs is 1. The van der Waals surface area contributed by atoms with Crippen molar-refractivity contribution in [2.45, 2.75) is 19.4 Å². The Morgan fingerprint density at radius 3 is 2.60 bits per heavy atom. The Hall–Kier alpha value is -2.16. The number of Topliss-reactive ketones (excluding diaryl/α,β-unsaturated/α-hetero) is 1. The lowest BCUT2D eigenvalue weighted by atomic mass is 10.0. The molecule has 2 aromatic rings. The fourth-order valence-corrected chi connectivity index (χ4v) is 2.76. The fourth-order valence-electron chi connectivity index (χ4n) is 2.76. The van der Waals surface area contributed by atoms with E-state index in [-0.39, 0.29) is 17.6 Å². The van der Waals surface area contributed by atoms with Gasteiger partial charge in [0.25, 0.3) is 0 Å². The first kappa shape index (κ1) is 12.9. The Balaban J connectivity index is 1.85. The Labute approximate surface area is 117 Å². The molecule has 0 bridgehead atoms. The predicted molar refractivity (Wildman–Crippen MR) is 77.7 cm³/mol. The van der Waals surface area contributed by atoms with E-state index in [2.05, 4.69) is 17.0 Å². The van der Waals surface area contributed by atoms with Crippen molar-refractivity contribution in [3.63, 3.8) is 0 Å². The van der Waals surface area contributed by atoms with Gasteiger partial charge in [-0.3, -0.25) is 4.79 Å². The third-order valence-electron chi connectivity index (χ3n) is 3.90. The van der Waals surface area contributed by atoms with Crippen LogP contribution in [0.15, 0.2) is 48.5 Å². The summed E-state index contributed by atoms with van der Waals surface area (Å²) in [6.45, 7) is 2.77. The van der Waals surface area contributed by atoms with Crippen molar-refractivity contribution < 1.29 is 9.18 Å². The van der Waals surface area contributed by atoms with E-state index < -0.39 is 0 Å². The molecule has 3 heteroatoms. The molecule has 102 valence electrons. The third-order valence-corrected chi connectivity index (χ3v) is 3.90. The first-order valence-corrected chi connectivity index (χ1v) is 6.81. The molecule has 2 nitrogen and oxygen atoms in total. The number of para-hydroxylation sites is 1. The van der Waals surface area contributed by atoms with Gasteiger partial charge in [-0.2, -0.15) is 0 Å². The first-order valence-electron chi connectivity index (χ1n) is 6.81. The second kappa shape index (κ2) is 5.08. The van der Waals surface area contributed by atoms with E-state index in [1.165, 1.54) is 17.7 Å². The molecule has 2 aromatic carbocycles. The summed E-state index contributed by atoms with van der Waals surface area (Å²) in [6.07, 6.45) is 0.969. The molecule has 0 aliphatic carbocycles. The van der Waals surface area contributed by atoms with E-state index in [0.717, 1.165) is 18.7 Å². The standard InChI is InChI=1S/C17H16FNO/c1-12(17(20)14-6-8-15(18)9-7-14)19-11-10-13-4-2-3-5-16(13)19/h2-9,12H,10-11H2,1H3. The molecule has 0 spiro atoms. The third kappa shape index (κ3) is 2.20. The SMILES string of the molecule is CC(C(=O)c1ccc(F)cc1)N1CCc2ccccc21. The molecule has 1 unspecified atom stereocenters. The van der Waals surface area contributed by atoms with Crippen LogP contribution in [0.5, 0.6) is 0 Å². The number of carbonyl (C=O) groups is 1. The van der Waals surface area contributed by atoms with Gasteiger partial charge < -0.3 is 4.90 Å². The molecule has 1 aliphatic rings. The van der Waals surface area contributed by atoms with Gasteiger partial charge in [0.05, 0.1) is 6.04 Å². The van der Waals surface area contributed by atoms with Crippen molar-refractivity contribution in [2.75, 3.05) is 11.4 Å². The highest BCUT2D eigenvalue weighted by molar-refractivity contribution is 6.01. The van der Waals surface area contributed by atoms with Crippen LogP contribution in [-0.2, 0) is 6.42 Å². The van der Waals surface area contributed by atoms with Crippen molar-refractivity contribution in [1.29, 1.82) is 0 Å². The van der Waals surface area contributed by atoms with E-state index in [1.54, 1.807) is 12.1 Å². The summed E-state index contributed by atoms with van der Waals surface area (Å²) in [6, 6.07) is 13.7. The zero-order valence-corrected chi connectivity index (χ0v) is 11.3. The van der Waals surface area contributed by atoms with Gasteiger partial charge in [-0.1, -0.05) is 18.2 Å². The number of nitrogens with zero attached hydrogens (tertiary/aromatic N) is 1. The number of hydrogen-bond donors (Lipinski definition) is 0. The van der Waals surface area contributed by atoms with Gasteiger partial charge in [-0.25, -0.2) is 4.39 Å². The van der Waals surface area contributed by atoms with Gasteiger partial charge in [0, 0.05) is 17.8 Å². The molecule has 1 atom stereocenters. The summed E-state index contributed by atoms with van der Waals surface area (Å²) in [5.41, 5.74) is 2.98. The number of rotatable bonds is 3. The molecule has 0 radical (unpaired) electrons. The smallest absolute Gasteiger partial charge is 0.184 e. The van der Waals surface area contributed by atoms with Gasteiger partial charge in [-0.05, 0) is 49.2 Å². The zero-order chi connectivity index (χ0) is 14.1. The fraction of sp³-hybridized carbons (Fsp3) is 0.235. The molecule has 1 heterocycles. The van der Waals surface area contributed by atoms with Gasteiger partial charge >= 0.3 is 0 Å². The Morgan fingerprint density at radius 1 is 1.15 bits per heavy atom. The van der Waals surface area contributed by atoms with Gasteiger partial charge in [0.2, 0.25) is 0 Å². The van der Waals surface area contributed by atoms with Crippen LogP contribution in [0.4, 0.5) is 10.1 Å². The molecule has 0 amide bonds. The first-order chi connectivity index (χ1) is 9.66. The van der Waals surface area contributed by atoms with Crippen molar-refractivity contribution in [1.82, 2.24) is 0 Å². The summed E-state index contributed by atoms with van der Waals surface area (Å²) < 4.78 is 12.9. The van der Waals surface area contributed by atoms with Gasteiger partial charge in [0.15, 0.2) is 5.78 Å². The van der Waals surface area contributed by atoms with Gasteiger partial charge in [-0.15, -0.1) is 0 Å². The van der Waals surface area contributed by atoms with Crippen LogP contribution in [0, 0.1) is 5.82 Å². The predicted octanol–water partition coefficient (Wildman–Crippen LogP) is 3.46. The summed E-state index contributed by atoms with van der Waals surface area (Å²) in [5, 5.41) is 0. The van der Waals surface area contributed by atoms with E-state index in [0.29, 0.717) is 5.56 Å². The highest BCUT2D eigenvalue weighted by Gasteiger charge is 2.27. The molecule has 0 aromatic heterocycles. The maximum atomic E-state index is 12.9. The van der Waals surface area contributed by atoms with Crippen molar-refractivity contribution in [3.8, 4) is 0 Å². The second-order valence-electron chi connectivity index (χ2n) is 5.12. The number of halogens is 1. The largest absolute Gasteiger partial charge is 0.361 e. The molecule has 20 heavy (non-hydrogen) atoms. The summed E-state index contributed by atoms with van der Waals surface area (Å²) >= 11 is 0. The molecule has 0 saturated carbocycles. The molecule has 0 N–H and O–H groups in total. The summed E-state index contributed by atoms with van der Waals surface area (Å²) in [4.78, 5) is 14.6. The zero-order valence-electron chi connectivity index (χ0n) is 11.3. The summed E-state index contributed by atoms with van der Waals surface area (Å²) in [7, 11) is 0. The van der Waals surface area contributed by atoms with E-state index >= 15 is 0 Å². The second-order valence-corrected chi connectivity index (χ2v) is 5.12. The van der Waals surface area contributed by atoms with E-state index in [1.807, 2.05) is 19.1 Å². The molecule has 1 aliphatic heterocycles. The quantitative estimate of drug-likeness (QED) is 0.795. The minimum Gasteiger partial charge on any atom is -0.361 e. The van der Waals surface area contributed by atoms with E-state index in [4.69, 9.17) is 0 Å². The van der Waals surface area contributed by atoms with Crippen LogP contribution < -0.4 is 4.90 Å². The molecule has 3 rings (SSSR count). The lowest BCUT2D eigenvalue weighted by Gasteiger charge is -2.26. The summed E-state index contributed by atoms with van der Waals surface area (Å²) in [5.74, 6) is -0.289. The van der Waals surface area contributed by atoms with Crippen LogP contribution in [0.25, 0.3) is 0 Å². The lowest BCUT2D eigenvalue weighted by molar-refractivity contribution is 0.0965. The number of anilines is 1. The Kier molecular flexibility index (Phi) is 3.26. The van der Waals surface area contributed by atoms with Gasteiger partial charge in [0.1, 0.15) is 5.82 Å². The average Bonchev–Trinajstić information content (AvgIpc) is 2.90. The van der Waals surface area contributed by atoms with Crippen LogP contribution in [0.1, 0.15) is 22.8 Å².